The molecule has 0 atom stereocenters. The van der Waals surface area contributed by atoms with E-state index in [4.69, 9.17) is 5.73 Å². The molecular weight excluding hydrogens is 162 g/mol. The van der Waals surface area contributed by atoms with Gasteiger partial charge in [-0.15, -0.1) is 0 Å². The molecule has 3 heteroatoms. The Labute approximate surface area is 78.4 Å². The van der Waals surface area contributed by atoms with E-state index in [1.165, 1.54) is 0 Å². The number of H-pyrrole nitrogens is 1. The fraction of sp³-hybridized carbons (Fsp3) is 0.300. The number of hydrogen-bond donors (Lipinski definition) is 2. The summed E-state index contributed by atoms with van der Waals surface area (Å²) < 4.78 is 0. The van der Waals surface area contributed by atoms with Gasteiger partial charge in [0.05, 0.1) is 5.69 Å². The molecule has 0 aliphatic rings. The number of nitrogens with two attached hydrogens (primary N) is 1. The van der Waals surface area contributed by atoms with Crippen LogP contribution in [0.25, 0.3) is 6.08 Å². The van der Waals surface area contributed by atoms with Gasteiger partial charge in [-0.05, 0) is 19.5 Å². The summed E-state index contributed by atoms with van der Waals surface area (Å²) >= 11 is 0. The van der Waals surface area contributed by atoms with Crippen molar-refractivity contribution in [2.75, 3.05) is 6.54 Å². The van der Waals surface area contributed by atoms with Gasteiger partial charge < -0.3 is 10.7 Å². The quantitative estimate of drug-likeness (QED) is 0.683. The highest BCUT2D eigenvalue weighted by molar-refractivity contribution is 5.49. The summed E-state index contributed by atoms with van der Waals surface area (Å²) in [5, 5.41) is 0. The second-order valence-electron chi connectivity index (χ2n) is 2.83. The molecule has 0 saturated heterocycles. The van der Waals surface area contributed by atoms with Crippen molar-refractivity contribution < 1.29 is 0 Å². The van der Waals surface area contributed by atoms with Crippen molar-refractivity contribution in [2.45, 2.75) is 13.3 Å². The summed E-state index contributed by atoms with van der Waals surface area (Å²) in [5.41, 5.74) is 7.46. The molecule has 1 aromatic heterocycles. The molecule has 3 nitrogen and oxygen atoms in total. The molecule has 13 heavy (non-hydrogen) atoms. The number of aromatic nitrogens is 2. The van der Waals surface area contributed by atoms with Gasteiger partial charge in [0.1, 0.15) is 5.82 Å². The third kappa shape index (κ3) is 2.56. The first-order valence-corrected chi connectivity index (χ1v) is 4.32. The first-order valence-electron chi connectivity index (χ1n) is 4.32. The molecule has 1 aromatic rings. The van der Waals surface area contributed by atoms with Crippen LogP contribution in [0.5, 0.6) is 0 Å². The first kappa shape index (κ1) is 9.74. The Hall–Kier alpha value is -1.35. The number of rotatable bonds is 4. The fourth-order valence-electron chi connectivity index (χ4n) is 1.11. The van der Waals surface area contributed by atoms with Crippen LogP contribution in [0.1, 0.15) is 17.2 Å². The van der Waals surface area contributed by atoms with E-state index in [-0.39, 0.29) is 0 Å². The monoisotopic (exact) mass is 177 g/mol. The molecule has 3 N–H and O–H groups in total. The van der Waals surface area contributed by atoms with E-state index in [1.807, 2.05) is 19.1 Å². The maximum absolute atomic E-state index is 5.43. The number of hydrogen-bond acceptors (Lipinski definition) is 2. The standard InChI is InChI=1S/C10H15N3/c1-3-4-5-9-8(2)12-10(13-9)6-7-11/h3-5H,1,6-7,11H2,2H3,(H,12,13)/b5-4-. The van der Waals surface area contributed by atoms with Crippen LogP contribution in [0.3, 0.4) is 0 Å². The second kappa shape index (κ2) is 4.62. The molecule has 0 amide bonds. The first-order chi connectivity index (χ1) is 6.27. The third-order valence-corrected chi connectivity index (χ3v) is 1.74. The Morgan fingerprint density at radius 1 is 1.62 bits per heavy atom. The highest BCUT2D eigenvalue weighted by Crippen LogP contribution is 2.07. The van der Waals surface area contributed by atoms with Gasteiger partial charge in [0.15, 0.2) is 0 Å². The van der Waals surface area contributed by atoms with Crippen molar-refractivity contribution in [3.05, 3.63) is 35.9 Å². The number of aryl methyl sites for hydroxylation is 1. The number of imidazole rings is 1. The van der Waals surface area contributed by atoms with Crippen molar-refractivity contribution in [3.63, 3.8) is 0 Å². The van der Waals surface area contributed by atoms with E-state index >= 15 is 0 Å². The van der Waals surface area contributed by atoms with Gasteiger partial charge in [0.2, 0.25) is 0 Å². The molecule has 0 aromatic carbocycles. The smallest absolute Gasteiger partial charge is 0.108 e. The summed E-state index contributed by atoms with van der Waals surface area (Å²) in [6, 6.07) is 0. The molecule has 0 saturated carbocycles. The Bertz CT molecular complexity index is 310. The van der Waals surface area contributed by atoms with Crippen molar-refractivity contribution >= 4 is 6.08 Å². The van der Waals surface area contributed by atoms with Crippen molar-refractivity contribution in [2.24, 2.45) is 5.73 Å². The van der Waals surface area contributed by atoms with Crippen LogP contribution in [-0.4, -0.2) is 16.5 Å². The van der Waals surface area contributed by atoms with E-state index in [2.05, 4.69) is 16.5 Å². The van der Waals surface area contributed by atoms with Crippen LogP contribution >= 0.6 is 0 Å². The Balaban J connectivity index is 2.82. The normalized spacial score (nSPS) is 10.9. The minimum atomic E-state index is 0.623. The molecule has 0 aliphatic carbocycles. The Kier molecular flexibility index (Phi) is 3.46. The minimum absolute atomic E-state index is 0.623. The van der Waals surface area contributed by atoms with Gasteiger partial charge in [-0.3, -0.25) is 0 Å². The largest absolute Gasteiger partial charge is 0.346 e. The molecule has 0 bridgehead atoms. The van der Waals surface area contributed by atoms with Crippen molar-refractivity contribution in [1.82, 2.24) is 9.97 Å². The van der Waals surface area contributed by atoms with Crippen LogP contribution in [-0.2, 0) is 6.42 Å². The van der Waals surface area contributed by atoms with Crippen molar-refractivity contribution in [1.29, 1.82) is 0 Å². The maximum Gasteiger partial charge on any atom is 0.108 e. The van der Waals surface area contributed by atoms with Crippen LogP contribution in [0.2, 0.25) is 0 Å². The lowest BCUT2D eigenvalue weighted by Crippen LogP contribution is -2.03. The molecule has 0 unspecified atom stereocenters. The van der Waals surface area contributed by atoms with E-state index in [1.54, 1.807) is 6.08 Å². The van der Waals surface area contributed by atoms with E-state index in [0.717, 1.165) is 23.6 Å². The molecule has 0 spiro atoms. The van der Waals surface area contributed by atoms with Gasteiger partial charge in [0.25, 0.3) is 0 Å². The zero-order valence-electron chi connectivity index (χ0n) is 7.88. The van der Waals surface area contributed by atoms with Gasteiger partial charge in [-0.1, -0.05) is 18.7 Å². The van der Waals surface area contributed by atoms with Crippen LogP contribution < -0.4 is 5.73 Å². The second-order valence-corrected chi connectivity index (χ2v) is 2.83. The van der Waals surface area contributed by atoms with E-state index in [0.29, 0.717) is 6.54 Å². The van der Waals surface area contributed by atoms with E-state index in [9.17, 15) is 0 Å². The van der Waals surface area contributed by atoms with Crippen molar-refractivity contribution in [3.8, 4) is 0 Å². The lowest BCUT2D eigenvalue weighted by Gasteiger charge is -1.87. The number of aromatic amines is 1. The molecule has 0 radical (unpaired) electrons. The molecule has 70 valence electrons. The third-order valence-electron chi connectivity index (χ3n) is 1.74. The number of nitrogens with zero attached hydrogens (tertiary/aromatic N) is 1. The highest BCUT2D eigenvalue weighted by Gasteiger charge is 2.01. The topological polar surface area (TPSA) is 54.7 Å². The number of allylic oxidation sites excluding steroid dienone is 2. The van der Waals surface area contributed by atoms with Gasteiger partial charge in [0, 0.05) is 12.1 Å². The SMILES string of the molecule is C=C/C=C\c1nc(CCN)[nH]c1C. The summed E-state index contributed by atoms with van der Waals surface area (Å²) in [4.78, 5) is 7.54. The van der Waals surface area contributed by atoms with E-state index < -0.39 is 0 Å². The highest BCUT2D eigenvalue weighted by atomic mass is 14.9. The van der Waals surface area contributed by atoms with Crippen LogP contribution in [0.15, 0.2) is 18.7 Å². The number of nitrogens with one attached hydrogen (secondary N) is 1. The Morgan fingerprint density at radius 2 is 2.38 bits per heavy atom. The maximum atomic E-state index is 5.43. The predicted octanol–water partition coefficient (Wildman–Crippen LogP) is 1.42. The summed E-state index contributed by atoms with van der Waals surface area (Å²) in [6.45, 7) is 6.22. The molecule has 1 heterocycles. The Morgan fingerprint density at radius 3 is 3.00 bits per heavy atom. The molecule has 0 fully saturated rings. The van der Waals surface area contributed by atoms with Gasteiger partial charge in [-0.25, -0.2) is 4.98 Å². The minimum Gasteiger partial charge on any atom is -0.346 e. The van der Waals surface area contributed by atoms with Crippen LogP contribution in [0.4, 0.5) is 0 Å². The summed E-state index contributed by atoms with van der Waals surface area (Å²) in [6.07, 6.45) is 6.33. The summed E-state index contributed by atoms with van der Waals surface area (Å²) in [7, 11) is 0. The van der Waals surface area contributed by atoms with Gasteiger partial charge >= 0.3 is 0 Å². The lowest BCUT2D eigenvalue weighted by molar-refractivity contribution is 0.890. The molecule has 1 rings (SSSR count). The fourth-order valence-corrected chi connectivity index (χ4v) is 1.11. The average molecular weight is 177 g/mol. The summed E-state index contributed by atoms with van der Waals surface area (Å²) in [5.74, 6) is 0.948. The zero-order chi connectivity index (χ0) is 9.68. The zero-order valence-corrected chi connectivity index (χ0v) is 7.88. The predicted molar refractivity (Wildman–Crippen MR) is 55.3 cm³/mol. The molecule has 0 aliphatic heterocycles. The van der Waals surface area contributed by atoms with Crippen LogP contribution in [0, 0.1) is 6.92 Å². The molecular formula is C10H15N3. The van der Waals surface area contributed by atoms with Gasteiger partial charge in [-0.2, -0.15) is 0 Å². The average Bonchev–Trinajstić information content (AvgIpc) is 2.44. The lowest BCUT2D eigenvalue weighted by atomic mass is 10.3.